The van der Waals surface area contributed by atoms with E-state index in [2.05, 4.69) is 10.6 Å². The van der Waals surface area contributed by atoms with Crippen LogP contribution in [-0.2, 0) is 0 Å². The average Bonchev–Trinajstić information content (AvgIpc) is 2.62. The van der Waals surface area contributed by atoms with Crippen molar-refractivity contribution in [3.8, 4) is 11.5 Å². The van der Waals surface area contributed by atoms with Crippen molar-refractivity contribution in [1.29, 1.82) is 0 Å². The highest BCUT2D eigenvalue weighted by Crippen LogP contribution is 2.37. The van der Waals surface area contributed by atoms with E-state index in [0.29, 0.717) is 30.4 Å². The Kier molecular flexibility index (Phi) is 4.40. The maximum absolute atomic E-state index is 13.5. The highest BCUT2D eigenvalue weighted by atomic mass is 32.2. The molecule has 0 saturated heterocycles. The van der Waals surface area contributed by atoms with Crippen LogP contribution >= 0.6 is 11.8 Å². The number of thioether (sulfide) groups is 1. The van der Waals surface area contributed by atoms with Crippen LogP contribution in [0.15, 0.2) is 41.3 Å². The van der Waals surface area contributed by atoms with Crippen LogP contribution in [0, 0.1) is 5.82 Å². The topological polar surface area (TPSA) is 59.6 Å². The maximum atomic E-state index is 13.5. The summed E-state index contributed by atoms with van der Waals surface area (Å²) >= 11 is 1.68. The Bertz CT molecular complexity index is 815. The molecule has 2 amide bonds. The van der Waals surface area contributed by atoms with Crippen molar-refractivity contribution in [2.24, 2.45) is 0 Å². The number of hydrogen-bond donors (Lipinski definition) is 2. The number of carbonyl (C=O) groups excluding carboxylic acids is 1. The third-order valence-corrected chi connectivity index (χ3v) is 5.24. The molecular weight excluding hydrogens is 343 g/mol. The molecule has 0 aliphatic carbocycles. The van der Waals surface area contributed by atoms with E-state index in [-0.39, 0.29) is 17.9 Å². The van der Waals surface area contributed by atoms with E-state index >= 15 is 0 Å². The number of hydrogen-bond acceptors (Lipinski definition) is 4. The standard InChI is InChI=1S/C18H17FN2O3S/c19-11-1-4-17-13(9-11)14(5-8-25-17)21-18(22)20-12-2-3-15-16(10-12)24-7-6-23-15/h1-4,9-10,14H,5-8H2,(H2,20,21,22). The number of rotatable bonds is 2. The molecule has 1 atom stereocenters. The minimum Gasteiger partial charge on any atom is -0.486 e. The van der Waals surface area contributed by atoms with Crippen molar-refractivity contribution in [1.82, 2.24) is 5.32 Å². The van der Waals surface area contributed by atoms with Crippen molar-refractivity contribution in [2.75, 3.05) is 24.3 Å². The summed E-state index contributed by atoms with van der Waals surface area (Å²) in [4.78, 5) is 13.4. The van der Waals surface area contributed by atoms with Crippen LogP contribution in [0.4, 0.5) is 14.9 Å². The number of carbonyl (C=O) groups is 1. The molecule has 4 rings (SSSR count). The van der Waals surface area contributed by atoms with Gasteiger partial charge < -0.3 is 20.1 Å². The first-order valence-corrected chi connectivity index (χ1v) is 9.07. The highest BCUT2D eigenvalue weighted by molar-refractivity contribution is 7.99. The van der Waals surface area contributed by atoms with Crippen molar-refractivity contribution >= 4 is 23.5 Å². The minimum atomic E-state index is -0.330. The number of benzene rings is 2. The number of nitrogens with one attached hydrogen (secondary N) is 2. The molecule has 2 aliphatic rings. The quantitative estimate of drug-likeness (QED) is 0.851. The van der Waals surface area contributed by atoms with Gasteiger partial charge in [-0.05, 0) is 42.3 Å². The van der Waals surface area contributed by atoms with Crippen molar-refractivity contribution in [3.63, 3.8) is 0 Å². The Morgan fingerprint density at radius 3 is 2.84 bits per heavy atom. The molecule has 0 fully saturated rings. The summed E-state index contributed by atoms with van der Waals surface area (Å²) in [6, 6.07) is 9.44. The fourth-order valence-corrected chi connectivity index (χ4v) is 4.07. The Morgan fingerprint density at radius 1 is 1.12 bits per heavy atom. The minimum absolute atomic E-state index is 0.204. The van der Waals surface area contributed by atoms with Crippen LogP contribution in [0.3, 0.4) is 0 Å². The van der Waals surface area contributed by atoms with Gasteiger partial charge in [-0.2, -0.15) is 0 Å². The second-order valence-electron chi connectivity index (χ2n) is 5.83. The van der Waals surface area contributed by atoms with Gasteiger partial charge >= 0.3 is 6.03 Å². The van der Waals surface area contributed by atoms with Gasteiger partial charge in [0.1, 0.15) is 19.0 Å². The molecule has 2 aromatic rings. The van der Waals surface area contributed by atoms with Gasteiger partial charge in [-0.15, -0.1) is 11.8 Å². The Labute approximate surface area is 148 Å². The zero-order chi connectivity index (χ0) is 17.2. The second kappa shape index (κ2) is 6.84. The van der Waals surface area contributed by atoms with Gasteiger partial charge in [0.25, 0.3) is 0 Å². The SMILES string of the molecule is O=C(Nc1ccc2c(c1)OCCO2)NC1CCSc2ccc(F)cc21. The zero-order valence-electron chi connectivity index (χ0n) is 13.4. The van der Waals surface area contributed by atoms with Crippen LogP contribution in [-0.4, -0.2) is 25.0 Å². The van der Waals surface area contributed by atoms with Crippen molar-refractivity contribution in [2.45, 2.75) is 17.4 Å². The van der Waals surface area contributed by atoms with Crippen LogP contribution in [0.1, 0.15) is 18.0 Å². The molecule has 0 bridgehead atoms. The summed E-state index contributed by atoms with van der Waals surface area (Å²) < 4.78 is 24.5. The molecule has 5 nitrogen and oxygen atoms in total. The molecule has 2 heterocycles. The first-order chi connectivity index (χ1) is 12.2. The van der Waals surface area contributed by atoms with Gasteiger partial charge in [0.2, 0.25) is 0 Å². The number of anilines is 1. The van der Waals surface area contributed by atoms with E-state index in [1.54, 1.807) is 36.0 Å². The first-order valence-electron chi connectivity index (χ1n) is 8.08. The monoisotopic (exact) mass is 360 g/mol. The fraction of sp³-hybridized carbons (Fsp3) is 0.278. The molecule has 0 saturated carbocycles. The molecule has 25 heavy (non-hydrogen) atoms. The van der Waals surface area contributed by atoms with E-state index < -0.39 is 0 Å². The second-order valence-corrected chi connectivity index (χ2v) is 6.97. The van der Waals surface area contributed by atoms with Gasteiger partial charge in [0.15, 0.2) is 11.5 Å². The van der Waals surface area contributed by atoms with Gasteiger partial charge in [0, 0.05) is 22.4 Å². The average molecular weight is 360 g/mol. The smallest absolute Gasteiger partial charge is 0.319 e. The molecular formula is C18H17FN2O3S. The van der Waals surface area contributed by atoms with Gasteiger partial charge in [-0.3, -0.25) is 0 Å². The zero-order valence-corrected chi connectivity index (χ0v) is 14.2. The molecule has 130 valence electrons. The van der Waals surface area contributed by atoms with Crippen LogP contribution in [0.25, 0.3) is 0 Å². The van der Waals surface area contributed by atoms with Gasteiger partial charge in [0.05, 0.1) is 6.04 Å². The van der Waals surface area contributed by atoms with E-state index in [4.69, 9.17) is 9.47 Å². The number of urea groups is 1. The van der Waals surface area contributed by atoms with E-state index in [9.17, 15) is 9.18 Å². The third kappa shape index (κ3) is 3.51. The van der Waals surface area contributed by atoms with Crippen LogP contribution < -0.4 is 20.1 Å². The van der Waals surface area contributed by atoms with E-state index in [1.807, 2.05) is 0 Å². The molecule has 0 radical (unpaired) electrons. The number of amides is 2. The van der Waals surface area contributed by atoms with Crippen molar-refractivity contribution < 1.29 is 18.7 Å². The lowest BCUT2D eigenvalue weighted by atomic mass is 10.0. The van der Waals surface area contributed by atoms with Crippen LogP contribution in [0.5, 0.6) is 11.5 Å². The molecule has 2 aromatic carbocycles. The molecule has 0 spiro atoms. The largest absolute Gasteiger partial charge is 0.486 e. The van der Waals surface area contributed by atoms with Gasteiger partial charge in [-0.1, -0.05) is 0 Å². The van der Waals surface area contributed by atoms with Crippen molar-refractivity contribution in [3.05, 3.63) is 47.8 Å². The lowest BCUT2D eigenvalue weighted by molar-refractivity contribution is 0.171. The Morgan fingerprint density at radius 2 is 1.96 bits per heavy atom. The first kappa shape index (κ1) is 16.1. The number of fused-ring (bicyclic) bond motifs is 2. The molecule has 2 aliphatic heterocycles. The normalized spacial score (nSPS) is 18.2. The summed E-state index contributed by atoms with van der Waals surface area (Å²) in [5.74, 6) is 1.88. The van der Waals surface area contributed by atoms with E-state index in [0.717, 1.165) is 22.6 Å². The lowest BCUT2D eigenvalue weighted by Gasteiger charge is -2.26. The Hall–Kier alpha value is -2.41. The molecule has 7 heteroatoms. The molecule has 0 aromatic heterocycles. The summed E-state index contributed by atoms with van der Waals surface area (Å²) in [6.07, 6.45) is 0.760. The van der Waals surface area contributed by atoms with Gasteiger partial charge in [-0.25, -0.2) is 9.18 Å². The number of halogens is 1. The van der Waals surface area contributed by atoms with E-state index in [1.165, 1.54) is 12.1 Å². The summed E-state index contributed by atoms with van der Waals surface area (Å²) in [5, 5.41) is 5.73. The molecule has 2 N–H and O–H groups in total. The van der Waals surface area contributed by atoms with Crippen LogP contribution in [0.2, 0.25) is 0 Å². The maximum Gasteiger partial charge on any atom is 0.319 e. The predicted molar refractivity (Wildman–Crippen MR) is 94.1 cm³/mol. The Balaban J connectivity index is 1.46. The predicted octanol–water partition coefficient (Wildman–Crippen LogP) is 3.96. The fourth-order valence-electron chi connectivity index (χ4n) is 2.96. The lowest BCUT2D eigenvalue weighted by Crippen LogP contribution is -2.34. The highest BCUT2D eigenvalue weighted by Gasteiger charge is 2.23. The summed E-state index contributed by atoms with van der Waals surface area (Å²) in [6.45, 7) is 1.01. The summed E-state index contributed by atoms with van der Waals surface area (Å²) in [5.41, 5.74) is 1.44. The number of ether oxygens (including phenoxy) is 2. The third-order valence-electron chi connectivity index (χ3n) is 4.12. The summed E-state index contributed by atoms with van der Waals surface area (Å²) in [7, 11) is 0. The molecule has 1 unspecified atom stereocenters.